The first-order chi connectivity index (χ1) is 14.3. The molecule has 0 aliphatic carbocycles. The predicted octanol–water partition coefficient (Wildman–Crippen LogP) is 3.15. The van der Waals surface area contributed by atoms with Crippen molar-refractivity contribution < 1.29 is 9.32 Å². The smallest absolute Gasteiger partial charge is 0.370 e. The summed E-state index contributed by atoms with van der Waals surface area (Å²) >= 11 is 12.3. The zero-order chi connectivity index (χ0) is 21.4. The highest BCUT2D eigenvalue weighted by molar-refractivity contribution is 6.44. The normalized spacial score (nSPS) is 14.9. The van der Waals surface area contributed by atoms with Gasteiger partial charge in [-0.15, -0.1) is 0 Å². The van der Waals surface area contributed by atoms with Crippen LogP contribution >= 0.6 is 23.2 Å². The number of nitrogens with one attached hydrogen (secondary N) is 3. The highest BCUT2D eigenvalue weighted by Crippen LogP contribution is 2.34. The highest BCUT2D eigenvalue weighted by Gasteiger charge is 2.23. The van der Waals surface area contributed by atoms with Crippen LogP contribution in [-0.4, -0.2) is 40.2 Å². The minimum Gasteiger partial charge on any atom is -0.370 e. The number of nitrogens with two attached hydrogens (primary N) is 1. The summed E-state index contributed by atoms with van der Waals surface area (Å²) in [6.45, 7) is 3.20. The fourth-order valence-electron chi connectivity index (χ4n) is 3.45. The second-order valence-electron chi connectivity index (χ2n) is 7.21. The van der Waals surface area contributed by atoms with Gasteiger partial charge < -0.3 is 20.9 Å². The molecule has 0 bridgehead atoms. The molecule has 1 aromatic carbocycles. The molecule has 2 aromatic heterocycles. The summed E-state index contributed by atoms with van der Waals surface area (Å²) in [5.74, 6) is -0.739. The third kappa shape index (κ3) is 3.96. The van der Waals surface area contributed by atoms with Crippen LogP contribution in [0.1, 0.15) is 29.0 Å². The van der Waals surface area contributed by atoms with Gasteiger partial charge in [0.2, 0.25) is 0 Å². The lowest BCUT2D eigenvalue weighted by atomic mass is 10.0. The van der Waals surface area contributed by atoms with Gasteiger partial charge in [-0.1, -0.05) is 28.4 Å². The molecule has 0 radical (unpaired) electrons. The maximum absolute atomic E-state index is 12.8. The number of aryl methyl sites for hydroxylation is 1. The highest BCUT2D eigenvalue weighted by atomic mass is 35.5. The molecule has 3 aromatic rings. The van der Waals surface area contributed by atoms with Gasteiger partial charge in [0.1, 0.15) is 5.69 Å². The van der Waals surface area contributed by atoms with Crippen LogP contribution in [0.4, 0.5) is 11.4 Å². The van der Waals surface area contributed by atoms with Crippen molar-refractivity contribution in [2.24, 2.45) is 5.73 Å². The summed E-state index contributed by atoms with van der Waals surface area (Å²) in [5.41, 5.74) is 8.86. The van der Waals surface area contributed by atoms with Gasteiger partial charge in [-0.3, -0.25) is 14.3 Å². The van der Waals surface area contributed by atoms with Crippen molar-refractivity contribution in [3.8, 4) is 11.4 Å². The number of halogens is 2. The Labute approximate surface area is 181 Å². The topological polar surface area (TPSA) is 133 Å². The van der Waals surface area contributed by atoms with Crippen LogP contribution in [0.25, 0.3) is 11.4 Å². The molecule has 4 rings (SSSR count). The number of amides is 1. The number of rotatable bonds is 4. The van der Waals surface area contributed by atoms with Crippen LogP contribution in [-0.2, 0) is 0 Å². The number of aromatic nitrogens is 3. The van der Waals surface area contributed by atoms with E-state index in [4.69, 9.17) is 28.9 Å². The molecule has 11 heteroatoms. The molecule has 1 saturated heterocycles. The van der Waals surface area contributed by atoms with Crippen molar-refractivity contribution in [3.05, 3.63) is 50.2 Å². The molecule has 5 N–H and O–H groups in total. The van der Waals surface area contributed by atoms with Crippen molar-refractivity contribution >= 4 is 40.5 Å². The van der Waals surface area contributed by atoms with E-state index in [1.54, 1.807) is 19.1 Å². The van der Waals surface area contributed by atoms with E-state index in [0.717, 1.165) is 31.6 Å². The Hall–Kier alpha value is -2.75. The van der Waals surface area contributed by atoms with Crippen LogP contribution in [0.15, 0.2) is 27.5 Å². The van der Waals surface area contributed by atoms with E-state index in [0.29, 0.717) is 27.8 Å². The lowest BCUT2D eigenvalue weighted by Crippen LogP contribution is -2.40. The number of carbonyl (C=O) groups is 1. The second kappa shape index (κ2) is 8.17. The van der Waals surface area contributed by atoms with E-state index < -0.39 is 11.7 Å². The fraction of sp³-hybridized carbons (Fsp3) is 0.316. The monoisotopic (exact) mass is 450 g/mol. The molecule has 3 heterocycles. The minimum atomic E-state index is -0.637. The van der Waals surface area contributed by atoms with E-state index in [-0.39, 0.29) is 16.8 Å². The molecule has 0 atom stereocenters. The SMILES string of the molecule is Cc1[nH]c(C(=O)Nc2ccc(-c3noc(=O)[nH]3)cc2N2CCC(N)CC2)c(Cl)c1Cl. The van der Waals surface area contributed by atoms with E-state index in [9.17, 15) is 9.59 Å². The maximum Gasteiger partial charge on any atom is 0.439 e. The third-order valence-electron chi connectivity index (χ3n) is 5.12. The van der Waals surface area contributed by atoms with Crippen LogP contribution in [0.3, 0.4) is 0 Å². The second-order valence-corrected chi connectivity index (χ2v) is 7.96. The fourth-order valence-corrected chi connectivity index (χ4v) is 3.87. The Morgan fingerprint density at radius 3 is 2.60 bits per heavy atom. The van der Waals surface area contributed by atoms with Gasteiger partial charge in [-0.05, 0) is 38.0 Å². The van der Waals surface area contributed by atoms with Crippen molar-refractivity contribution in [1.29, 1.82) is 0 Å². The number of hydrogen-bond acceptors (Lipinski definition) is 6. The molecule has 9 nitrogen and oxygen atoms in total. The summed E-state index contributed by atoms with van der Waals surface area (Å²) in [7, 11) is 0. The number of aromatic amines is 2. The van der Waals surface area contributed by atoms with Gasteiger partial charge in [0.25, 0.3) is 5.91 Å². The number of benzene rings is 1. The quantitative estimate of drug-likeness (QED) is 0.482. The van der Waals surface area contributed by atoms with Gasteiger partial charge in [-0.25, -0.2) is 4.79 Å². The Kier molecular flexibility index (Phi) is 5.59. The molecule has 1 amide bonds. The molecule has 0 spiro atoms. The van der Waals surface area contributed by atoms with Gasteiger partial charge in [0.05, 0.1) is 21.4 Å². The first-order valence-corrected chi connectivity index (χ1v) is 10.1. The largest absolute Gasteiger partial charge is 0.439 e. The summed E-state index contributed by atoms with van der Waals surface area (Å²) in [6, 6.07) is 5.47. The van der Waals surface area contributed by atoms with Crippen LogP contribution in [0.5, 0.6) is 0 Å². The van der Waals surface area contributed by atoms with Gasteiger partial charge in [0.15, 0.2) is 5.82 Å². The van der Waals surface area contributed by atoms with E-state index in [2.05, 4.69) is 29.9 Å². The Balaban J connectivity index is 1.69. The molecule has 1 fully saturated rings. The standard InChI is InChI=1S/C19H20Cl2N6O3/c1-9-14(20)15(21)16(23-9)18(28)24-12-3-2-10(17-25-19(29)30-26-17)8-13(12)27-6-4-11(22)5-7-27/h2-3,8,11,23H,4-7,22H2,1H3,(H,24,28)(H,25,26,29). The van der Waals surface area contributed by atoms with E-state index >= 15 is 0 Å². The number of nitrogens with zero attached hydrogens (tertiary/aromatic N) is 2. The number of piperidine rings is 1. The van der Waals surface area contributed by atoms with E-state index in [1.807, 2.05) is 6.07 Å². The minimum absolute atomic E-state index is 0.150. The maximum atomic E-state index is 12.8. The van der Waals surface area contributed by atoms with Crippen LogP contribution in [0.2, 0.25) is 10.0 Å². The van der Waals surface area contributed by atoms with Crippen LogP contribution in [0, 0.1) is 6.92 Å². The van der Waals surface area contributed by atoms with Gasteiger partial charge in [-0.2, -0.15) is 0 Å². The Morgan fingerprint density at radius 2 is 2.00 bits per heavy atom. The summed E-state index contributed by atoms with van der Waals surface area (Å²) in [6.07, 6.45) is 1.66. The molecular weight excluding hydrogens is 431 g/mol. The molecule has 1 aliphatic heterocycles. The zero-order valence-electron chi connectivity index (χ0n) is 16.1. The first kappa shape index (κ1) is 20.5. The molecule has 0 unspecified atom stereocenters. The summed E-state index contributed by atoms with van der Waals surface area (Å²) in [5, 5.41) is 7.13. The van der Waals surface area contributed by atoms with Gasteiger partial charge >= 0.3 is 5.76 Å². The zero-order valence-corrected chi connectivity index (χ0v) is 17.6. The first-order valence-electron chi connectivity index (χ1n) is 9.39. The number of anilines is 2. The molecule has 1 aliphatic rings. The average Bonchev–Trinajstić information content (AvgIpc) is 3.27. The molecule has 30 heavy (non-hydrogen) atoms. The Morgan fingerprint density at radius 1 is 1.27 bits per heavy atom. The summed E-state index contributed by atoms with van der Waals surface area (Å²) in [4.78, 5) is 31.8. The number of hydrogen-bond donors (Lipinski definition) is 4. The lowest BCUT2D eigenvalue weighted by molar-refractivity contribution is 0.102. The number of H-pyrrole nitrogens is 2. The molecular formula is C19H20Cl2N6O3. The molecule has 0 saturated carbocycles. The Bertz CT molecular complexity index is 1140. The third-order valence-corrected chi connectivity index (χ3v) is 6.07. The van der Waals surface area contributed by atoms with Crippen molar-refractivity contribution in [2.75, 3.05) is 23.3 Å². The summed E-state index contributed by atoms with van der Waals surface area (Å²) < 4.78 is 4.61. The van der Waals surface area contributed by atoms with Crippen molar-refractivity contribution in [2.45, 2.75) is 25.8 Å². The van der Waals surface area contributed by atoms with Gasteiger partial charge in [0, 0.05) is 30.4 Å². The molecule has 158 valence electrons. The van der Waals surface area contributed by atoms with Crippen molar-refractivity contribution in [3.63, 3.8) is 0 Å². The van der Waals surface area contributed by atoms with E-state index in [1.165, 1.54) is 0 Å². The van der Waals surface area contributed by atoms with Crippen LogP contribution < -0.4 is 21.7 Å². The average molecular weight is 451 g/mol. The number of carbonyl (C=O) groups excluding carboxylic acids is 1. The lowest BCUT2D eigenvalue weighted by Gasteiger charge is -2.33. The predicted molar refractivity (Wildman–Crippen MR) is 115 cm³/mol. The van der Waals surface area contributed by atoms with Crippen molar-refractivity contribution in [1.82, 2.24) is 15.1 Å².